The smallest absolute Gasteiger partial charge is 0.194 e. The van der Waals surface area contributed by atoms with E-state index in [0.717, 1.165) is 35.5 Å². The minimum absolute atomic E-state index is 0.197. The van der Waals surface area contributed by atoms with Crippen LogP contribution in [0.1, 0.15) is 45.0 Å². The van der Waals surface area contributed by atoms with E-state index in [-0.39, 0.29) is 16.5 Å². The van der Waals surface area contributed by atoms with Crippen LogP contribution in [0.5, 0.6) is 0 Å². The summed E-state index contributed by atoms with van der Waals surface area (Å²) < 4.78 is 91.3. The molecular formula is C28H22F6S2. The van der Waals surface area contributed by atoms with Gasteiger partial charge < -0.3 is 0 Å². The zero-order valence-electron chi connectivity index (χ0n) is 19.5. The predicted octanol–water partition coefficient (Wildman–Crippen LogP) is 9.53. The second-order valence-corrected chi connectivity index (χ2v) is 12.4. The van der Waals surface area contributed by atoms with E-state index in [0.29, 0.717) is 26.1 Å². The van der Waals surface area contributed by atoms with Gasteiger partial charge in [-0.1, -0.05) is 42.5 Å². The molecular weight excluding hydrogens is 514 g/mol. The van der Waals surface area contributed by atoms with Crippen molar-refractivity contribution in [2.24, 2.45) is 5.92 Å². The summed E-state index contributed by atoms with van der Waals surface area (Å²) in [7, 11) is 0. The van der Waals surface area contributed by atoms with Gasteiger partial charge in [-0.3, -0.25) is 0 Å². The Balaban J connectivity index is 1.58. The first-order valence-electron chi connectivity index (χ1n) is 11.8. The van der Waals surface area contributed by atoms with Crippen molar-refractivity contribution in [3.8, 4) is 10.4 Å². The van der Waals surface area contributed by atoms with Crippen molar-refractivity contribution in [1.29, 1.82) is 0 Å². The molecule has 36 heavy (non-hydrogen) atoms. The number of benzene rings is 1. The van der Waals surface area contributed by atoms with E-state index in [9.17, 15) is 8.78 Å². The van der Waals surface area contributed by atoms with E-state index in [2.05, 4.69) is 12.2 Å². The van der Waals surface area contributed by atoms with Gasteiger partial charge in [0.25, 0.3) is 0 Å². The molecule has 1 aromatic carbocycles. The summed E-state index contributed by atoms with van der Waals surface area (Å²) in [6.07, 6.45) is 6.89. The van der Waals surface area contributed by atoms with E-state index < -0.39 is 28.9 Å². The summed E-state index contributed by atoms with van der Waals surface area (Å²) >= 11 is 2.37. The van der Waals surface area contributed by atoms with Crippen LogP contribution in [0, 0.1) is 19.8 Å². The first kappa shape index (κ1) is 24.0. The fraction of sp³-hybridized carbons (Fsp3) is 0.357. The number of fused-ring (bicyclic) bond motifs is 1. The molecule has 0 N–H and O–H groups in total. The molecule has 8 heteroatoms. The third kappa shape index (κ3) is 3.06. The van der Waals surface area contributed by atoms with E-state index in [4.69, 9.17) is 0 Å². The molecule has 3 aromatic rings. The van der Waals surface area contributed by atoms with Crippen molar-refractivity contribution in [3.63, 3.8) is 0 Å². The normalized spacial score (nSPS) is 27.4. The van der Waals surface area contributed by atoms with E-state index in [1.807, 2.05) is 0 Å². The molecule has 0 nitrogen and oxygen atoms in total. The first-order chi connectivity index (χ1) is 16.9. The van der Waals surface area contributed by atoms with Crippen molar-refractivity contribution in [3.05, 3.63) is 80.4 Å². The molecule has 2 heterocycles. The van der Waals surface area contributed by atoms with Crippen molar-refractivity contribution in [2.75, 3.05) is 0 Å². The molecule has 0 bridgehead atoms. The monoisotopic (exact) mass is 536 g/mol. The van der Waals surface area contributed by atoms with Crippen LogP contribution in [0.2, 0.25) is 0 Å². The molecule has 6 rings (SSSR count). The lowest BCUT2D eigenvalue weighted by Crippen LogP contribution is -2.48. The summed E-state index contributed by atoms with van der Waals surface area (Å²) in [6, 6.07) is 11.7. The van der Waals surface area contributed by atoms with Crippen LogP contribution >= 0.6 is 22.7 Å². The molecule has 0 radical (unpaired) electrons. The van der Waals surface area contributed by atoms with Gasteiger partial charge in [-0.05, 0) is 67.9 Å². The minimum Gasteiger partial charge on any atom is -0.194 e. The number of allylic oxidation sites excluding steroid dienone is 4. The zero-order chi connectivity index (χ0) is 25.7. The summed E-state index contributed by atoms with van der Waals surface area (Å²) in [4.78, 5) is 1.97. The van der Waals surface area contributed by atoms with Gasteiger partial charge in [0.1, 0.15) is 0 Å². The van der Waals surface area contributed by atoms with E-state index >= 15 is 17.6 Å². The zero-order valence-corrected chi connectivity index (χ0v) is 21.1. The van der Waals surface area contributed by atoms with Crippen molar-refractivity contribution in [2.45, 2.75) is 56.3 Å². The molecule has 2 atom stereocenters. The highest BCUT2D eigenvalue weighted by molar-refractivity contribution is 7.15. The Kier molecular flexibility index (Phi) is 5.08. The maximum atomic E-state index is 15.4. The standard InChI is InChI=1S/C28H22F6S2/c1-15-19(12-21(35-15)17-8-4-3-5-9-17)23-24(27(31,32)28(33,34)26(23,29)30)20-13-22(36-16(20)2)25-11-7-6-10-18(25)14-25/h3-5,7-9,11-13,18H,6,10,14H2,1-2H3. The molecule has 3 aliphatic carbocycles. The van der Waals surface area contributed by atoms with E-state index in [1.165, 1.54) is 30.4 Å². The highest BCUT2D eigenvalue weighted by Crippen LogP contribution is 2.67. The lowest BCUT2D eigenvalue weighted by atomic mass is 9.91. The summed E-state index contributed by atoms with van der Waals surface area (Å²) in [5.41, 5.74) is -2.53. The van der Waals surface area contributed by atoms with Gasteiger partial charge in [-0.25, -0.2) is 0 Å². The Bertz CT molecular complexity index is 1430. The maximum absolute atomic E-state index is 15.4. The van der Waals surface area contributed by atoms with Crippen LogP contribution in [0.15, 0.2) is 54.6 Å². The van der Waals surface area contributed by atoms with Gasteiger partial charge in [0.15, 0.2) is 0 Å². The van der Waals surface area contributed by atoms with Crippen molar-refractivity contribution < 1.29 is 26.3 Å². The van der Waals surface area contributed by atoms with Crippen molar-refractivity contribution >= 4 is 33.8 Å². The molecule has 0 amide bonds. The number of aryl methyl sites for hydroxylation is 2. The van der Waals surface area contributed by atoms with Crippen LogP contribution < -0.4 is 0 Å². The highest BCUT2D eigenvalue weighted by Gasteiger charge is 2.80. The number of rotatable bonds is 4. The molecule has 1 fully saturated rings. The third-order valence-electron chi connectivity index (χ3n) is 7.81. The number of halogens is 6. The van der Waals surface area contributed by atoms with Crippen molar-refractivity contribution in [1.82, 2.24) is 0 Å². The van der Waals surface area contributed by atoms with Gasteiger partial charge in [0.2, 0.25) is 0 Å². The number of thiophene rings is 2. The fourth-order valence-electron chi connectivity index (χ4n) is 5.75. The van der Waals surface area contributed by atoms with Crippen LogP contribution in [0.25, 0.3) is 21.6 Å². The summed E-state index contributed by atoms with van der Waals surface area (Å²) in [6.45, 7) is 3.06. The number of hydrogen-bond donors (Lipinski definition) is 0. The predicted molar refractivity (Wildman–Crippen MR) is 133 cm³/mol. The molecule has 0 aliphatic heterocycles. The number of hydrogen-bond acceptors (Lipinski definition) is 2. The quantitative estimate of drug-likeness (QED) is 0.230. The lowest BCUT2D eigenvalue weighted by Gasteiger charge is -2.25. The average Bonchev–Trinajstić information content (AvgIpc) is 3.27. The third-order valence-corrected chi connectivity index (χ3v) is 10.2. The van der Waals surface area contributed by atoms with Crippen LogP contribution in [0.4, 0.5) is 26.3 Å². The number of alkyl halides is 6. The fourth-order valence-corrected chi connectivity index (χ4v) is 8.07. The summed E-state index contributed by atoms with van der Waals surface area (Å²) in [5, 5.41) is 0. The van der Waals surface area contributed by atoms with Gasteiger partial charge >= 0.3 is 17.8 Å². The SMILES string of the molecule is Cc1sc(-c2ccccc2)cc1C1=C(c2cc(C34C=CCCC3C4)sc2C)C(F)(F)C(F)(F)C1(F)F. The van der Waals surface area contributed by atoms with Gasteiger partial charge in [-0.15, -0.1) is 22.7 Å². The Morgan fingerprint density at radius 3 is 2.06 bits per heavy atom. The highest BCUT2D eigenvalue weighted by atomic mass is 32.1. The molecule has 0 saturated heterocycles. The van der Waals surface area contributed by atoms with Gasteiger partial charge in [0.05, 0.1) is 0 Å². The molecule has 188 valence electrons. The molecule has 0 spiro atoms. The Morgan fingerprint density at radius 2 is 1.42 bits per heavy atom. The Morgan fingerprint density at radius 1 is 0.806 bits per heavy atom. The van der Waals surface area contributed by atoms with Crippen LogP contribution in [0.3, 0.4) is 0 Å². The topological polar surface area (TPSA) is 0 Å². The lowest BCUT2D eigenvalue weighted by molar-refractivity contribution is -0.254. The molecule has 2 unspecified atom stereocenters. The minimum atomic E-state index is -5.55. The van der Waals surface area contributed by atoms with Crippen LogP contribution in [-0.2, 0) is 5.41 Å². The second kappa shape index (κ2) is 7.60. The largest absolute Gasteiger partial charge is 0.380 e. The summed E-state index contributed by atoms with van der Waals surface area (Å²) in [5.74, 6) is -15.2. The Labute approximate surface area is 213 Å². The Hall–Kier alpha value is -2.32. The molecule has 1 saturated carbocycles. The maximum Gasteiger partial charge on any atom is 0.380 e. The molecule has 3 aliphatic rings. The second-order valence-electron chi connectivity index (χ2n) is 9.92. The first-order valence-corrected chi connectivity index (χ1v) is 13.4. The van der Waals surface area contributed by atoms with E-state index in [1.54, 1.807) is 37.3 Å². The molecule has 2 aromatic heterocycles. The van der Waals surface area contributed by atoms with Gasteiger partial charge in [-0.2, -0.15) is 26.3 Å². The average molecular weight is 537 g/mol. The van der Waals surface area contributed by atoms with Gasteiger partial charge in [0, 0.05) is 36.1 Å². The van der Waals surface area contributed by atoms with Crippen LogP contribution in [-0.4, -0.2) is 17.8 Å².